The summed E-state index contributed by atoms with van der Waals surface area (Å²) in [6, 6.07) is 21.4. The van der Waals surface area contributed by atoms with Crippen LogP contribution in [0.25, 0.3) is 23.2 Å². The molecular weight excluding hydrogens is 749 g/mol. The number of alkyl halides is 2. The van der Waals surface area contributed by atoms with Crippen molar-refractivity contribution < 1.29 is 27.5 Å². The Labute approximate surface area is 315 Å². The van der Waals surface area contributed by atoms with E-state index >= 15 is 0 Å². The van der Waals surface area contributed by atoms with E-state index in [9.17, 15) is 23.5 Å². The number of nitrogens with zero attached hydrogens (tertiary/aromatic N) is 8. The van der Waals surface area contributed by atoms with Gasteiger partial charge in [0.15, 0.2) is 11.4 Å². The molecule has 0 amide bonds. The van der Waals surface area contributed by atoms with Crippen LogP contribution in [-0.4, -0.2) is 49.9 Å². The fraction of sp³-hybridized carbons (Fsp3) is 0.167. The summed E-state index contributed by atoms with van der Waals surface area (Å²) in [6.07, 6.45) is 3.26. The van der Waals surface area contributed by atoms with Gasteiger partial charge in [0, 0.05) is 14.1 Å². The molecule has 3 aromatic carbocycles. The molecule has 4 aromatic heterocycles. The minimum atomic E-state index is -0.608. The van der Waals surface area contributed by atoms with Gasteiger partial charge >= 0.3 is 0 Å². The number of hydrogen-bond acceptors (Lipinski definition) is 12. The number of aryl methyl sites for hydroxylation is 2. The summed E-state index contributed by atoms with van der Waals surface area (Å²) in [5.74, 6) is -0.534. The zero-order chi connectivity index (χ0) is 38.6. The Morgan fingerprint density at radius 1 is 0.667 bits per heavy atom. The van der Waals surface area contributed by atoms with Crippen molar-refractivity contribution in [3.05, 3.63) is 152 Å². The highest BCUT2D eigenvalue weighted by atomic mass is 35.5. The molecule has 0 fully saturated rings. The number of hydrogen-bond donors (Lipinski definition) is 1. The predicted molar refractivity (Wildman–Crippen MR) is 193 cm³/mol. The quantitative estimate of drug-likeness (QED) is 0.174. The lowest BCUT2D eigenvalue weighted by atomic mass is 10.1. The van der Waals surface area contributed by atoms with Crippen molar-refractivity contribution in [3.8, 4) is 34.7 Å². The number of rotatable bonds is 9. The fourth-order valence-corrected chi connectivity index (χ4v) is 4.61. The van der Waals surface area contributed by atoms with Crippen molar-refractivity contribution in [1.82, 2.24) is 39.5 Å². The lowest BCUT2D eigenvalue weighted by Gasteiger charge is -2.09. The third kappa shape index (κ3) is 10.2. The maximum Gasteiger partial charge on any atom is 0.296 e. The van der Waals surface area contributed by atoms with Gasteiger partial charge in [0.1, 0.15) is 18.2 Å². The molecule has 14 nitrogen and oxygen atoms in total. The van der Waals surface area contributed by atoms with Gasteiger partial charge in [-0.1, -0.05) is 54.6 Å². The molecule has 7 rings (SSSR count). The number of aromatic nitrogens is 8. The summed E-state index contributed by atoms with van der Waals surface area (Å²) in [4.78, 5) is 32.4. The van der Waals surface area contributed by atoms with Gasteiger partial charge in [0.25, 0.3) is 22.9 Å². The van der Waals surface area contributed by atoms with Crippen LogP contribution in [0.3, 0.4) is 0 Å². The van der Waals surface area contributed by atoms with Gasteiger partial charge in [-0.2, -0.15) is 0 Å². The number of halogens is 4. The Hall–Kier alpha value is -6.26. The van der Waals surface area contributed by atoms with Gasteiger partial charge in [-0.05, 0) is 41.0 Å². The molecule has 278 valence electrons. The Bertz CT molecular complexity index is 2400. The Kier molecular flexibility index (Phi) is 13.3. The number of benzene rings is 3. The predicted octanol–water partition coefficient (Wildman–Crippen LogP) is 5.83. The molecule has 0 spiro atoms. The molecule has 0 aliphatic heterocycles. The minimum absolute atomic E-state index is 0.0378. The minimum Gasteiger partial charge on any atom is -0.501 e. The molecule has 7 aromatic rings. The molecule has 18 heteroatoms. The molecular formula is C36H30Cl2F2N8O6. The van der Waals surface area contributed by atoms with E-state index in [1.165, 1.54) is 48.5 Å². The van der Waals surface area contributed by atoms with Crippen LogP contribution in [0, 0.1) is 11.6 Å². The van der Waals surface area contributed by atoms with Crippen LogP contribution in [-0.2, 0) is 33.5 Å². The smallest absolute Gasteiger partial charge is 0.296 e. The third-order valence-corrected chi connectivity index (χ3v) is 7.30. The highest BCUT2D eigenvalue weighted by Crippen LogP contribution is 2.25. The van der Waals surface area contributed by atoms with E-state index in [2.05, 4.69) is 30.4 Å². The van der Waals surface area contributed by atoms with Crippen LogP contribution in [0.1, 0.15) is 28.5 Å². The first-order valence-electron chi connectivity index (χ1n) is 15.8. The van der Waals surface area contributed by atoms with Crippen molar-refractivity contribution in [2.75, 3.05) is 5.34 Å². The van der Waals surface area contributed by atoms with Crippen LogP contribution < -0.4 is 15.9 Å². The number of ether oxygens (including phenoxy) is 1. The Morgan fingerprint density at radius 3 is 1.65 bits per heavy atom. The molecule has 0 saturated carbocycles. The third-order valence-electron chi connectivity index (χ3n) is 7.30. The van der Waals surface area contributed by atoms with Crippen molar-refractivity contribution in [1.29, 1.82) is 0 Å². The molecule has 0 bridgehead atoms. The summed E-state index contributed by atoms with van der Waals surface area (Å²) in [7, 11) is 3.05. The Balaban J connectivity index is 0.000000200. The topological polar surface area (TPSA) is 177 Å². The van der Waals surface area contributed by atoms with Crippen LogP contribution in [0.5, 0.6) is 11.5 Å². The second-order valence-electron chi connectivity index (χ2n) is 11.2. The van der Waals surface area contributed by atoms with E-state index in [0.717, 1.165) is 21.3 Å². The first kappa shape index (κ1) is 39.0. The summed E-state index contributed by atoms with van der Waals surface area (Å²) >= 11 is 9.53. The van der Waals surface area contributed by atoms with Gasteiger partial charge in [0.05, 0.1) is 30.8 Å². The second-order valence-corrected chi connectivity index (χ2v) is 12.0. The van der Waals surface area contributed by atoms with E-state index < -0.39 is 11.3 Å². The monoisotopic (exact) mass is 778 g/mol. The van der Waals surface area contributed by atoms with Crippen molar-refractivity contribution >= 4 is 23.2 Å². The zero-order valence-corrected chi connectivity index (χ0v) is 30.1. The molecule has 0 radical (unpaired) electrons. The first-order valence-corrected chi connectivity index (χ1v) is 16.9. The lowest BCUT2D eigenvalue weighted by Crippen LogP contribution is -2.20. The van der Waals surface area contributed by atoms with E-state index in [1.54, 1.807) is 31.3 Å². The van der Waals surface area contributed by atoms with Crippen molar-refractivity contribution in [2.45, 2.75) is 19.4 Å². The lowest BCUT2D eigenvalue weighted by molar-refractivity contribution is 0.298. The van der Waals surface area contributed by atoms with Crippen LogP contribution >= 0.6 is 23.2 Å². The highest BCUT2D eigenvalue weighted by molar-refractivity contribution is 6.40. The van der Waals surface area contributed by atoms with Gasteiger partial charge < -0.3 is 18.7 Å². The molecule has 54 heavy (non-hydrogen) atoms. The molecule has 0 atom stereocenters. The Morgan fingerprint density at radius 2 is 1.13 bits per heavy atom. The average Bonchev–Trinajstić information content (AvgIpc) is 3.84. The maximum absolute atomic E-state index is 13.1. The highest BCUT2D eigenvalue weighted by Gasteiger charge is 2.21. The van der Waals surface area contributed by atoms with Gasteiger partial charge in [0.2, 0.25) is 23.3 Å². The zero-order valence-electron chi connectivity index (χ0n) is 28.6. The molecule has 4 heterocycles. The van der Waals surface area contributed by atoms with Crippen molar-refractivity contribution in [2.24, 2.45) is 14.1 Å². The normalized spacial score (nSPS) is 10.6. The van der Waals surface area contributed by atoms with Gasteiger partial charge in [-0.3, -0.25) is 18.7 Å². The van der Waals surface area contributed by atoms with Crippen LogP contribution in [0.2, 0.25) is 0 Å². The summed E-state index contributed by atoms with van der Waals surface area (Å²) in [5.41, 5.74) is 1.67. The average molecular weight is 780 g/mol. The maximum atomic E-state index is 13.1. The largest absolute Gasteiger partial charge is 0.501 e. The van der Waals surface area contributed by atoms with E-state index in [1.807, 2.05) is 30.3 Å². The molecule has 0 unspecified atom stereocenters. The van der Waals surface area contributed by atoms with Crippen LogP contribution in [0.4, 0.5) is 8.78 Å². The second kappa shape index (κ2) is 18.5. The van der Waals surface area contributed by atoms with Gasteiger partial charge in [-0.15, -0.1) is 43.6 Å². The molecule has 0 aliphatic carbocycles. The summed E-state index contributed by atoms with van der Waals surface area (Å²) in [6.45, 7) is 0.200. The first-order chi connectivity index (χ1) is 26.1. The van der Waals surface area contributed by atoms with Gasteiger partial charge in [-0.25, -0.2) is 18.7 Å². The molecule has 0 aliphatic rings. The van der Waals surface area contributed by atoms with Crippen LogP contribution in [0.15, 0.2) is 110 Å². The fourth-order valence-electron chi connectivity index (χ4n) is 4.61. The van der Waals surface area contributed by atoms with E-state index in [-0.39, 0.29) is 63.9 Å². The summed E-state index contributed by atoms with van der Waals surface area (Å²) in [5, 5.41) is 25.6. The number of aromatic hydroxyl groups is 1. The van der Waals surface area contributed by atoms with E-state index in [0.29, 0.717) is 18.7 Å². The SMILES string of the molecule is ClCCl.Cn1cnc(-c2nnc(Cc3ccc(F)cc3)o2)c(O)c1=O.Cn1cnc(-c2nnc(Cc3ccc(F)cc3)o2)c(OCc2ccccc2)c1=O. The molecule has 1 N–H and O–H groups in total. The van der Waals surface area contributed by atoms with Crippen molar-refractivity contribution in [3.63, 3.8) is 0 Å². The summed E-state index contributed by atoms with van der Waals surface area (Å²) < 4.78 is 45.2. The standard InChI is InChI=1S/C21H17FN4O3.C14H11FN4O3.CH2Cl2/c1-26-13-23-18(19(21(26)27)28-12-15-5-3-2-4-6-15)20-25-24-17(29-20)11-14-7-9-16(22)10-8-14;1-19-7-16-11(12(20)14(19)21)13-18-17-10(22-13)6-8-2-4-9(15)5-3-8;2-1-3/h2-10,13H,11-12H2,1H3;2-5,7,20H,6H2,1H3;1H2. The van der Waals surface area contributed by atoms with E-state index in [4.69, 9.17) is 36.8 Å². The molecule has 0 saturated heterocycles.